The summed E-state index contributed by atoms with van der Waals surface area (Å²) in [6, 6.07) is 0. The van der Waals surface area contributed by atoms with E-state index >= 15 is 0 Å². The number of Topliss-reactive ketones (excluding diaryl/α,β-unsaturated/α-hetero) is 5. The number of aromatic amines is 5. The van der Waals surface area contributed by atoms with E-state index in [1.165, 1.54) is 26.2 Å². The molecule has 0 spiro atoms. The van der Waals surface area contributed by atoms with Gasteiger partial charge in [0, 0.05) is 55.0 Å². The molecular formula is C82H124F3N10O34P5. The standard InChI is InChI=1S/C18H24F3N2O8P.2C16H25N2O7P.2C16H25N2O6P/c1-8(24)13(31-16(28)18(19,20)21)9-7-23(17(29)22-14(9)27)15-12(26)11(25)10(30-15)5-6-32(2,3)4;2*1-8(19)11(20)9-7-18(16(24)17-14(9)23)15-13(22)12(21)10(25-15)5-6-26(2,3)4;2*1-9(19)7-10-8-18(16(23)17-14(10)22)15-13(21)12(20)11(24-15)5-6-25(2,3)4/h7,10-13,15,25-26H,2,5-6H2,1,3-4H3,(H,22,27,29);2*7,10-13,15,20-22H,2,5-6H2,1,3-4H3,(H,17,23,24);2*8,11-13,15,20-21H,2,5-7H2,1,3-4H3,(H,17,22,23)/t10-,11-,12-,13?,15-;2*10-,11?,12-,13-,15-;2*11-,12-,13-,15-/m11111/s1. The number of hydrogen-bond donors (Lipinski definition) is 17. The van der Waals surface area contributed by atoms with Crippen molar-refractivity contribution in [3.63, 3.8) is 0 Å². The van der Waals surface area contributed by atoms with Gasteiger partial charge in [-0.05, 0) is 164 Å². The van der Waals surface area contributed by atoms with Gasteiger partial charge in [0.2, 0.25) is 0 Å². The molecule has 0 saturated carbocycles. The van der Waals surface area contributed by atoms with Crippen molar-refractivity contribution >= 4 is 101 Å². The van der Waals surface area contributed by atoms with Crippen LogP contribution in [0.5, 0.6) is 0 Å². The Bertz CT molecular complexity index is 5730. The predicted molar refractivity (Wildman–Crippen MR) is 499 cm³/mol. The number of hydrogen-bond acceptors (Lipinski definition) is 34. The molecule has 0 radical (unpaired) electrons. The van der Waals surface area contributed by atoms with Crippen molar-refractivity contribution in [1.29, 1.82) is 0 Å². The number of aliphatic hydroxyl groups is 12. The second-order valence-corrected chi connectivity index (χ2v) is 58.6. The number of ketones is 5. The Morgan fingerprint density at radius 1 is 0.351 bits per heavy atom. The van der Waals surface area contributed by atoms with Gasteiger partial charge < -0.3 is 89.7 Å². The molecule has 3 unspecified atom stereocenters. The van der Waals surface area contributed by atoms with Crippen molar-refractivity contribution in [3.05, 3.63) is 163 Å². The van der Waals surface area contributed by atoms with Crippen molar-refractivity contribution in [2.24, 2.45) is 0 Å². The molecule has 752 valence electrons. The summed E-state index contributed by atoms with van der Waals surface area (Å²) >= 11 is 0. The van der Waals surface area contributed by atoms with Crippen LogP contribution in [0.15, 0.2) is 78.9 Å². The molecule has 23 atom stereocenters. The van der Waals surface area contributed by atoms with Crippen LogP contribution in [-0.4, -0.2) is 371 Å². The van der Waals surface area contributed by atoms with Gasteiger partial charge in [-0.25, -0.2) is 28.8 Å². The highest BCUT2D eigenvalue weighted by atomic mass is 31.2. The third kappa shape index (κ3) is 31.4. The van der Waals surface area contributed by atoms with Crippen molar-refractivity contribution in [3.8, 4) is 0 Å². The van der Waals surface area contributed by atoms with Crippen molar-refractivity contribution in [2.45, 2.75) is 227 Å². The number of nitrogens with one attached hydrogen (secondary N) is 5. The number of nitrogens with zero attached hydrogens (tertiary/aromatic N) is 5. The first-order chi connectivity index (χ1) is 61.3. The first-order valence-electron chi connectivity index (χ1n) is 41.7. The second kappa shape index (κ2) is 46.5. The third-order valence-corrected chi connectivity index (χ3v) is 28.9. The maximum Gasteiger partial charge on any atom is 0.490 e. The minimum absolute atomic E-state index is 0.102. The first kappa shape index (κ1) is 115. The highest BCUT2D eigenvalue weighted by Crippen LogP contribution is 2.45. The number of halogens is 3. The molecule has 0 bridgehead atoms. The zero-order chi connectivity index (χ0) is 102. The van der Waals surface area contributed by atoms with Crippen LogP contribution in [0.2, 0.25) is 0 Å². The number of esters is 1. The molecule has 44 nitrogen and oxygen atoms in total. The average Bonchev–Trinajstić information content (AvgIpc) is 1.69. The van der Waals surface area contributed by atoms with Crippen molar-refractivity contribution < 1.29 is 132 Å². The Hall–Kier alpha value is -8.17. The molecule has 0 aliphatic carbocycles. The highest BCUT2D eigenvalue weighted by molar-refractivity contribution is 7.73. The lowest BCUT2D eigenvalue weighted by atomic mass is 10.1. The van der Waals surface area contributed by atoms with Crippen LogP contribution in [0.1, 0.15) is 144 Å². The van der Waals surface area contributed by atoms with Gasteiger partial charge in [-0.2, -0.15) is 13.2 Å². The number of carbonyl (C=O) groups excluding carboxylic acids is 6. The summed E-state index contributed by atoms with van der Waals surface area (Å²) in [7, 11) is 0. The number of rotatable bonds is 31. The van der Waals surface area contributed by atoms with E-state index in [0.29, 0.717) is 49.0 Å². The number of aliphatic hydroxyl groups excluding tert-OH is 12. The van der Waals surface area contributed by atoms with Crippen LogP contribution in [-0.2, 0) is 70.0 Å². The molecule has 10 heterocycles. The van der Waals surface area contributed by atoms with Crippen LogP contribution in [0, 0.1) is 0 Å². The Labute approximate surface area is 764 Å². The van der Waals surface area contributed by atoms with Gasteiger partial charge in [0.15, 0.2) is 54.6 Å². The monoisotopic (exact) mass is 2000 g/mol. The summed E-state index contributed by atoms with van der Waals surface area (Å²) in [4.78, 5) is 198. The SMILES string of the molecule is C=P(C)(C)CC[C@H]1O[C@@H](n2cc(C(O)C(C)=O)c(=O)[nH]c2=O)[C@H](O)[C@@H]1O.C=P(C)(C)CC[C@H]1O[C@@H](n2cc(C(O)C(C)=O)c(=O)[nH]c2=O)[C@H](O)[C@@H]1O.C=P(C)(C)CC[C@H]1O[C@@H](n2cc(C(OC(=O)C(F)(F)F)C(C)=O)c(=O)[nH]c2=O)[C@H](O)[C@@H]1O.C=P(C)(C)CC[C@H]1O[C@@H](n2cc(CC(C)=O)c(=O)[nH]c2=O)[C@H](O)[C@@H]1O.C=P(C)(C)CC[C@H]1O[C@@H](n2cc(CC(C)=O)c(=O)[nH]c2=O)[C@H](O)[C@@H]1O. The summed E-state index contributed by atoms with van der Waals surface area (Å²) in [5.41, 5.74) is -10.0. The third-order valence-electron chi connectivity index (χ3n) is 21.6. The van der Waals surface area contributed by atoms with Gasteiger partial charge in [-0.3, -0.25) is 95.7 Å². The minimum Gasteiger partial charge on any atom is -0.442 e. The number of H-pyrrole nitrogens is 5. The second-order valence-electron chi connectivity index (χ2n) is 37.0. The number of aromatic nitrogens is 10. The predicted octanol–water partition coefficient (Wildman–Crippen LogP) is -3.48. The molecule has 52 heteroatoms. The fourth-order valence-electron chi connectivity index (χ4n) is 14.2. The summed E-state index contributed by atoms with van der Waals surface area (Å²) < 4.78 is 74.5. The Morgan fingerprint density at radius 3 is 0.746 bits per heavy atom. The van der Waals surface area contributed by atoms with E-state index in [1.807, 2.05) is 50.0 Å². The average molecular weight is 2010 g/mol. The summed E-state index contributed by atoms with van der Waals surface area (Å²) in [6.45, 7) is 19.0. The minimum atomic E-state index is -5.43. The summed E-state index contributed by atoms with van der Waals surface area (Å²) in [5.74, 6) is -5.64. The Morgan fingerprint density at radius 2 is 0.552 bits per heavy atom. The van der Waals surface area contributed by atoms with E-state index in [4.69, 9.17) is 23.7 Å². The van der Waals surface area contributed by atoms with Gasteiger partial charge in [-0.1, -0.05) is 0 Å². The zero-order valence-electron chi connectivity index (χ0n) is 76.6. The maximum absolute atomic E-state index is 12.6. The molecule has 5 saturated heterocycles. The lowest BCUT2D eigenvalue weighted by Crippen LogP contribution is -2.40. The van der Waals surface area contributed by atoms with Crippen LogP contribution < -0.4 is 56.2 Å². The van der Waals surface area contributed by atoms with Gasteiger partial charge in [0.25, 0.3) is 27.8 Å². The quantitative estimate of drug-likeness (QED) is 0.0151. The van der Waals surface area contributed by atoms with E-state index in [1.54, 1.807) is 4.98 Å². The largest absolute Gasteiger partial charge is 0.490 e. The first-order valence-corrected chi connectivity index (χ1v) is 57.0. The number of ether oxygens (including phenoxy) is 6. The smallest absolute Gasteiger partial charge is 0.442 e. The van der Waals surface area contributed by atoms with Crippen molar-refractivity contribution in [1.82, 2.24) is 47.8 Å². The van der Waals surface area contributed by atoms with E-state index in [-0.39, 0.29) is 46.7 Å². The Kier molecular flexibility index (Phi) is 39.8. The normalized spacial score (nSPS) is 26.6. The molecular weight excluding hydrogens is 1880 g/mol. The van der Waals surface area contributed by atoms with Gasteiger partial charge >= 0.3 is 40.6 Å². The highest BCUT2D eigenvalue weighted by Gasteiger charge is 2.51. The summed E-state index contributed by atoms with van der Waals surface area (Å²) in [6.07, 6.45) is -3.10. The molecule has 5 aromatic heterocycles. The van der Waals surface area contributed by atoms with Crippen molar-refractivity contribution in [2.75, 3.05) is 97.5 Å². The van der Waals surface area contributed by atoms with E-state index in [0.717, 1.165) is 76.1 Å². The molecule has 5 fully saturated rings. The van der Waals surface area contributed by atoms with E-state index in [9.17, 15) is 151 Å². The molecule has 0 amide bonds. The van der Waals surface area contributed by atoms with Crippen LogP contribution in [0.25, 0.3) is 0 Å². The Balaban J connectivity index is 0.000000258. The lowest BCUT2D eigenvalue weighted by Gasteiger charge is -2.21. The summed E-state index contributed by atoms with van der Waals surface area (Å²) in [5, 5.41) is 122. The molecule has 0 aromatic carbocycles. The van der Waals surface area contributed by atoms with Gasteiger partial charge in [0.1, 0.15) is 84.8 Å². The van der Waals surface area contributed by atoms with E-state index < -0.39 is 267 Å². The number of alkyl halides is 3. The lowest BCUT2D eigenvalue weighted by molar-refractivity contribution is -0.205. The molecule has 5 aromatic rings. The molecule has 10 rings (SSSR count). The van der Waals surface area contributed by atoms with Crippen LogP contribution in [0.3, 0.4) is 0 Å². The molecule has 134 heavy (non-hydrogen) atoms. The topological polar surface area (TPSA) is 675 Å². The fraction of sp³-hybridized carbons (Fsp3) is 0.622. The van der Waals surface area contributed by atoms with Gasteiger partial charge in [-0.15, -0.1) is 65.9 Å². The molecule has 5 aliphatic rings. The van der Waals surface area contributed by atoms with Crippen LogP contribution >= 0.6 is 34.4 Å². The van der Waals surface area contributed by atoms with Crippen LogP contribution in [0.4, 0.5) is 13.2 Å². The van der Waals surface area contributed by atoms with Gasteiger partial charge in [0.05, 0.1) is 47.2 Å². The molecule has 17 N–H and O–H groups in total. The molecule has 5 aliphatic heterocycles. The zero-order valence-corrected chi connectivity index (χ0v) is 81.1. The van der Waals surface area contributed by atoms with E-state index in [2.05, 4.69) is 72.9 Å². The number of carbonyl (C=O) groups is 6. The fourth-order valence-corrected chi connectivity index (χ4v) is 19.0. The maximum atomic E-state index is 12.6.